The first-order chi connectivity index (χ1) is 20.0. The van der Waals surface area contributed by atoms with E-state index >= 15 is 0 Å². The highest BCUT2D eigenvalue weighted by molar-refractivity contribution is 5.73. The predicted octanol–water partition coefficient (Wildman–Crippen LogP) is 12.3. The molecule has 1 aliphatic rings. The Hall–Kier alpha value is -0.530. The second-order valence-corrected chi connectivity index (χ2v) is 19.2. The van der Waals surface area contributed by atoms with Gasteiger partial charge in [-0.2, -0.15) is 0 Å². The second kappa shape index (κ2) is 16.5. The third-order valence-electron chi connectivity index (χ3n) is 12.9. The molecule has 1 fully saturated rings. The molecule has 0 amide bonds. The zero-order valence-corrected chi connectivity index (χ0v) is 33.8. The topological polar surface area (TPSA) is 26.3 Å². The van der Waals surface area contributed by atoms with E-state index in [2.05, 4.69) is 138 Å². The summed E-state index contributed by atoms with van der Waals surface area (Å²) in [5.74, 6) is 8.91. The maximum absolute atomic E-state index is 14.8. The van der Waals surface area contributed by atoms with Crippen LogP contribution >= 0.6 is 0 Å². The van der Waals surface area contributed by atoms with Crippen LogP contribution in [0.5, 0.6) is 0 Å². The van der Waals surface area contributed by atoms with Crippen molar-refractivity contribution in [1.82, 2.24) is 0 Å². The minimum atomic E-state index is -0.108. The maximum Gasteiger partial charge on any atom is 0.309 e. The van der Waals surface area contributed by atoms with E-state index in [0.717, 1.165) is 0 Å². The van der Waals surface area contributed by atoms with Crippen LogP contribution in [0.15, 0.2) is 0 Å². The number of methoxy groups -OCH3 is 1. The Balaban J connectivity index is 4.54. The Labute approximate surface area is 278 Å². The molecular weight excluding hydrogens is 536 g/mol. The van der Waals surface area contributed by atoms with E-state index in [0.29, 0.717) is 94.7 Å². The van der Waals surface area contributed by atoms with Crippen LogP contribution < -0.4 is 0 Å². The van der Waals surface area contributed by atoms with Crippen molar-refractivity contribution in [2.45, 2.75) is 138 Å². The molecule has 0 spiro atoms. The second-order valence-electron chi connectivity index (χ2n) is 19.2. The molecule has 44 heavy (non-hydrogen) atoms. The Kier molecular flexibility index (Phi) is 15.6. The molecule has 2 nitrogen and oxygen atoms in total. The average molecular weight is 619 g/mol. The van der Waals surface area contributed by atoms with Gasteiger partial charge in [0.1, 0.15) is 0 Å². The fourth-order valence-corrected chi connectivity index (χ4v) is 12.7. The van der Waals surface area contributed by atoms with Gasteiger partial charge in [0.2, 0.25) is 0 Å². The van der Waals surface area contributed by atoms with Crippen LogP contribution in [-0.2, 0) is 9.53 Å². The Morgan fingerprint density at radius 2 is 0.750 bits per heavy atom. The molecule has 0 N–H and O–H groups in total. The van der Waals surface area contributed by atoms with Crippen LogP contribution in [0, 0.1) is 118 Å². The number of hydrogen-bond acceptors (Lipinski definition) is 2. The van der Waals surface area contributed by atoms with Gasteiger partial charge in [-0.25, -0.2) is 0 Å². The summed E-state index contributed by atoms with van der Waals surface area (Å²) >= 11 is 0. The first-order valence-corrected chi connectivity index (χ1v) is 19.1. The minimum absolute atomic E-state index is 0.0669. The molecule has 0 aromatic heterocycles. The normalized spacial score (nSPS) is 23.3. The lowest BCUT2D eigenvalue weighted by Gasteiger charge is -2.68. The highest BCUT2D eigenvalue weighted by Gasteiger charge is 2.65. The molecule has 262 valence electrons. The molecule has 5 atom stereocenters. The summed E-state index contributed by atoms with van der Waals surface area (Å²) in [4.78, 5) is 14.8. The first-order valence-electron chi connectivity index (χ1n) is 19.1. The van der Waals surface area contributed by atoms with Gasteiger partial charge >= 0.3 is 5.97 Å². The predicted molar refractivity (Wildman–Crippen MR) is 194 cm³/mol. The summed E-state index contributed by atoms with van der Waals surface area (Å²) < 4.78 is 6.01. The molecule has 0 aromatic rings. The van der Waals surface area contributed by atoms with Crippen LogP contribution in [-0.4, -0.2) is 13.1 Å². The number of ether oxygens (including phenoxy) is 1. The molecule has 0 bridgehead atoms. The van der Waals surface area contributed by atoms with E-state index in [1.807, 2.05) is 0 Å². The fraction of sp³-hybridized carbons (Fsp3) is 0.976. The lowest BCUT2D eigenvalue weighted by molar-refractivity contribution is -0.215. The van der Waals surface area contributed by atoms with Crippen molar-refractivity contribution in [2.24, 2.45) is 118 Å². The summed E-state index contributed by atoms with van der Waals surface area (Å²) in [5.41, 5.74) is 0.246. The minimum Gasteiger partial charge on any atom is -0.469 e. The molecule has 0 aromatic carbocycles. The number of rotatable bonds is 17. The van der Waals surface area contributed by atoms with Crippen molar-refractivity contribution in [3.63, 3.8) is 0 Å². The summed E-state index contributed by atoms with van der Waals surface area (Å²) in [6.45, 7) is 49.1. The van der Waals surface area contributed by atoms with Crippen molar-refractivity contribution in [3.05, 3.63) is 0 Å². The number of esters is 1. The smallest absolute Gasteiger partial charge is 0.309 e. The van der Waals surface area contributed by atoms with Crippen molar-refractivity contribution < 1.29 is 9.53 Å². The summed E-state index contributed by atoms with van der Waals surface area (Å²) in [5, 5.41) is 0. The summed E-state index contributed by atoms with van der Waals surface area (Å²) in [6.07, 6.45) is 0. The Morgan fingerprint density at radius 3 is 0.977 bits per heavy atom. The van der Waals surface area contributed by atoms with Crippen LogP contribution in [0.3, 0.4) is 0 Å². The third kappa shape index (κ3) is 8.48. The van der Waals surface area contributed by atoms with Crippen molar-refractivity contribution in [2.75, 3.05) is 7.11 Å². The lowest BCUT2D eigenvalue weighted by atomic mass is 9.36. The van der Waals surface area contributed by atoms with Gasteiger partial charge in [-0.15, -0.1) is 0 Å². The van der Waals surface area contributed by atoms with Gasteiger partial charge in [0.15, 0.2) is 0 Å². The average Bonchev–Trinajstić information content (AvgIpc) is 2.81. The van der Waals surface area contributed by atoms with E-state index < -0.39 is 0 Å². The Morgan fingerprint density at radius 1 is 0.477 bits per heavy atom. The zero-order chi connectivity index (χ0) is 34.8. The Bertz CT molecular complexity index is 782. The largest absolute Gasteiger partial charge is 0.469 e. The van der Waals surface area contributed by atoms with E-state index in [-0.39, 0.29) is 29.1 Å². The quantitative estimate of drug-likeness (QED) is 0.152. The van der Waals surface area contributed by atoms with Crippen LogP contribution in [0.2, 0.25) is 0 Å². The van der Waals surface area contributed by atoms with E-state index in [1.54, 1.807) is 7.11 Å². The molecular formula is C42H82O2. The van der Waals surface area contributed by atoms with Crippen molar-refractivity contribution in [1.29, 1.82) is 0 Å². The van der Waals surface area contributed by atoms with E-state index in [4.69, 9.17) is 4.74 Å². The van der Waals surface area contributed by atoms with Gasteiger partial charge in [0, 0.05) is 0 Å². The van der Waals surface area contributed by atoms with Crippen LogP contribution in [0.25, 0.3) is 0 Å². The summed E-state index contributed by atoms with van der Waals surface area (Å²) in [6, 6.07) is 0. The van der Waals surface area contributed by atoms with Gasteiger partial charge in [-0.1, -0.05) is 138 Å². The molecule has 1 aliphatic carbocycles. The number of carbonyl (C=O) groups is 1. The standard InChI is InChI=1S/C42H82O2/c1-22(2)31(23(3)4)34(28(13)14)37(41(43)44-21)36(38-39(29(15)16)42(19,20)40(38)30(17)18)35(32(24(5)6)25(7)8)33(26(9)10)27(11)12/h22-40H,1-21H3. The molecule has 1 saturated carbocycles. The van der Waals surface area contributed by atoms with E-state index in [9.17, 15) is 4.79 Å². The molecule has 5 unspecified atom stereocenters. The summed E-state index contributed by atoms with van der Waals surface area (Å²) in [7, 11) is 1.67. The van der Waals surface area contributed by atoms with Gasteiger partial charge in [-0.3, -0.25) is 4.79 Å². The van der Waals surface area contributed by atoms with Gasteiger partial charge in [0.25, 0.3) is 0 Å². The third-order valence-corrected chi connectivity index (χ3v) is 12.9. The molecule has 0 aliphatic heterocycles. The maximum atomic E-state index is 14.8. The van der Waals surface area contributed by atoms with E-state index in [1.165, 1.54) is 0 Å². The highest BCUT2D eigenvalue weighted by Crippen LogP contribution is 2.68. The SMILES string of the molecule is COC(=O)C(C(C(C)C)C(C(C)C)C(C)C)C(C(C(C(C)C)C(C)C)C(C(C)C)C(C)C)C1C(C(C)C)C(C)(C)C1C(C)C. The van der Waals surface area contributed by atoms with Crippen molar-refractivity contribution in [3.8, 4) is 0 Å². The van der Waals surface area contributed by atoms with Gasteiger partial charge < -0.3 is 4.74 Å². The lowest BCUT2D eigenvalue weighted by Crippen LogP contribution is -2.65. The zero-order valence-electron chi connectivity index (χ0n) is 33.8. The van der Waals surface area contributed by atoms with Crippen LogP contribution in [0.4, 0.5) is 0 Å². The van der Waals surface area contributed by atoms with Crippen LogP contribution in [0.1, 0.15) is 138 Å². The first kappa shape index (κ1) is 41.5. The molecule has 0 radical (unpaired) electrons. The number of hydrogen-bond donors (Lipinski definition) is 0. The van der Waals surface area contributed by atoms with Gasteiger partial charge in [-0.05, 0) is 112 Å². The van der Waals surface area contributed by atoms with Crippen molar-refractivity contribution >= 4 is 5.97 Å². The van der Waals surface area contributed by atoms with Gasteiger partial charge in [0.05, 0.1) is 13.0 Å². The monoisotopic (exact) mass is 619 g/mol. The highest BCUT2D eigenvalue weighted by atomic mass is 16.5. The molecule has 0 heterocycles. The molecule has 1 rings (SSSR count). The number of carbonyl (C=O) groups excluding carboxylic acids is 1. The molecule has 2 heteroatoms. The fourth-order valence-electron chi connectivity index (χ4n) is 12.7. The molecule has 0 saturated heterocycles.